The number of hydrogen-bond donors (Lipinski definition) is 0. The molecule has 29 heavy (non-hydrogen) atoms. The van der Waals surface area contributed by atoms with Gasteiger partial charge in [-0.05, 0) is 56.2 Å². The van der Waals surface area contributed by atoms with Crippen LogP contribution >= 0.6 is 0 Å². The number of rotatable bonds is 4. The predicted molar refractivity (Wildman–Crippen MR) is 104 cm³/mol. The number of hydrogen-bond acceptors (Lipinski definition) is 6. The molecule has 1 aliphatic carbocycles. The number of piperidine rings is 1. The summed E-state index contributed by atoms with van der Waals surface area (Å²) in [6.45, 7) is 4.26. The number of fused-ring (bicyclic) bond motifs is 1. The minimum Gasteiger partial charge on any atom is -0.433 e. The lowest BCUT2D eigenvalue weighted by atomic mass is 9.64. The minimum absolute atomic E-state index is 0.131. The van der Waals surface area contributed by atoms with E-state index in [1.807, 2.05) is 11.8 Å². The van der Waals surface area contributed by atoms with Crippen molar-refractivity contribution >= 4 is 15.7 Å². The molecule has 0 N–H and O–H groups in total. The first-order valence-electron chi connectivity index (χ1n) is 9.63. The van der Waals surface area contributed by atoms with E-state index in [4.69, 9.17) is 4.74 Å². The first kappa shape index (κ1) is 20.0. The highest BCUT2D eigenvalue weighted by Gasteiger charge is 2.47. The lowest BCUT2D eigenvalue weighted by Crippen LogP contribution is -2.59. The van der Waals surface area contributed by atoms with Crippen LogP contribution in [0.2, 0.25) is 0 Å². The van der Waals surface area contributed by atoms with Crippen molar-refractivity contribution < 1.29 is 21.9 Å². The molecule has 2 fully saturated rings. The van der Waals surface area contributed by atoms with Crippen LogP contribution in [0.1, 0.15) is 33.1 Å². The molecule has 0 spiro atoms. The molecule has 6 nitrogen and oxygen atoms in total. The average Bonchev–Trinajstić information content (AvgIpc) is 2.64. The molecule has 0 amide bonds. The minimum atomic E-state index is -3.56. The largest absolute Gasteiger partial charge is 0.433 e. The zero-order valence-electron chi connectivity index (χ0n) is 16.5. The standard InChI is InChI=1S/C20H23F2N3O3S/c1-11-8-16-14(11)6-4-12(2)25(16)19-18(22)20(24-10-23-19)28-17-7-5-13(9-15(17)21)29(3,26)27/h5,7,9-12,14,16H,4,6,8H2,1-3H3. The highest BCUT2D eigenvalue weighted by atomic mass is 32.2. The quantitative estimate of drug-likeness (QED) is 0.741. The summed E-state index contributed by atoms with van der Waals surface area (Å²) in [6, 6.07) is 3.57. The molecule has 4 atom stereocenters. The maximum atomic E-state index is 15.2. The SMILES string of the molecule is CC1CC2C1CCC(C)N2c1ncnc(Oc2ccc(S(C)(=O)=O)cc2F)c1F. The van der Waals surface area contributed by atoms with Crippen LogP contribution in [0.4, 0.5) is 14.6 Å². The molecule has 1 aromatic heterocycles. The van der Waals surface area contributed by atoms with Crippen LogP contribution in [0.15, 0.2) is 29.4 Å². The van der Waals surface area contributed by atoms with Crippen LogP contribution in [-0.2, 0) is 9.84 Å². The van der Waals surface area contributed by atoms with Gasteiger partial charge in [-0.25, -0.2) is 17.8 Å². The summed E-state index contributed by atoms with van der Waals surface area (Å²) in [4.78, 5) is 9.80. The second kappa shape index (κ2) is 7.19. The van der Waals surface area contributed by atoms with Crippen LogP contribution in [0.5, 0.6) is 11.6 Å². The molecule has 4 unspecified atom stereocenters. The molecule has 0 bridgehead atoms. The molecule has 1 saturated carbocycles. The number of aromatic nitrogens is 2. The lowest BCUT2D eigenvalue weighted by molar-refractivity contribution is 0.0934. The first-order valence-corrected chi connectivity index (χ1v) is 11.5. The number of sulfone groups is 1. The Hall–Kier alpha value is -2.29. The summed E-state index contributed by atoms with van der Waals surface area (Å²) in [6.07, 6.45) is 5.24. The summed E-state index contributed by atoms with van der Waals surface area (Å²) in [5.74, 6) is -1.05. The van der Waals surface area contributed by atoms with Crippen LogP contribution in [-0.4, -0.2) is 36.7 Å². The summed E-state index contributed by atoms with van der Waals surface area (Å²) < 4.78 is 58.0. The fraction of sp³-hybridized carbons (Fsp3) is 0.500. The van der Waals surface area contributed by atoms with Gasteiger partial charge in [0.2, 0.25) is 5.82 Å². The maximum absolute atomic E-state index is 15.2. The van der Waals surface area contributed by atoms with Gasteiger partial charge in [-0.2, -0.15) is 9.37 Å². The third-order valence-corrected chi connectivity index (χ3v) is 7.22. The Morgan fingerprint density at radius 2 is 1.93 bits per heavy atom. The molecule has 1 saturated heterocycles. The van der Waals surface area contributed by atoms with E-state index in [0.717, 1.165) is 37.7 Å². The Morgan fingerprint density at radius 3 is 2.59 bits per heavy atom. The molecular formula is C20H23F2N3O3S. The number of nitrogens with zero attached hydrogens (tertiary/aromatic N) is 3. The Balaban J connectivity index is 1.64. The molecule has 1 aromatic carbocycles. The Labute approximate surface area is 168 Å². The van der Waals surface area contributed by atoms with E-state index >= 15 is 4.39 Å². The Morgan fingerprint density at radius 1 is 1.17 bits per heavy atom. The topological polar surface area (TPSA) is 72.4 Å². The van der Waals surface area contributed by atoms with E-state index in [1.54, 1.807) is 0 Å². The highest BCUT2D eigenvalue weighted by Crippen LogP contribution is 2.47. The van der Waals surface area contributed by atoms with Gasteiger partial charge < -0.3 is 9.64 Å². The first-order chi connectivity index (χ1) is 13.7. The number of halogens is 2. The van der Waals surface area contributed by atoms with E-state index in [-0.39, 0.29) is 34.4 Å². The third-order valence-electron chi connectivity index (χ3n) is 6.11. The van der Waals surface area contributed by atoms with Gasteiger partial charge in [0.15, 0.2) is 27.2 Å². The van der Waals surface area contributed by atoms with Crippen molar-refractivity contribution in [2.24, 2.45) is 11.8 Å². The van der Waals surface area contributed by atoms with Crippen molar-refractivity contribution in [1.29, 1.82) is 0 Å². The fourth-order valence-electron chi connectivity index (χ4n) is 4.47. The molecule has 2 aromatic rings. The molecule has 4 rings (SSSR count). The molecular weight excluding hydrogens is 400 g/mol. The molecule has 156 valence electrons. The third kappa shape index (κ3) is 3.56. The van der Waals surface area contributed by atoms with Crippen molar-refractivity contribution in [3.8, 4) is 11.6 Å². The molecule has 1 aliphatic heterocycles. The lowest BCUT2D eigenvalue weighted by Gasteiger charge is -2.55. The van der Waals surface area contributed by atoms with Gasteiger partial charge >= 0.3 is 0 Å². The van der Waals surface area contributed by atoms with Crippen molar-refractivity contribution in [3.05, 3.63) is 36.2 Å². The van der Waals surface area contributed by atoms with E-state index in [2.05, 4.69) is 16.9 Å². The van der Waals surface area contributed by atoms with Gasteiger partial charge in [-0.15, -0.1) is 0 Å². The monoisotopic (exact) mass is 423 g/mol. The van der Waals surface area contributed by atoms with Gasteiger partial charge in [-0.3, -0.25) is 0 Å². The number of ether oxygens (including phenoxy) is 1. The van der Waals surface area contributed by atoms with Gasteiger partial charge in [0.25, 0.3) is 5.88 Å². The molecule has 9 heteroatoms. The molecule has 2 aliphatic rings. The second-order valence-corrected chi connectivity index (χ2v) is 10.1. The maximum Gasteiger partial charge on any atom is 0.261 e. The molecule has 0 radical (unpaired) electrons. The van der Waals surface area contributed by atoms with Crippen LogP contribution < -0.4 is 9.64 Å². The van der Waals surface area contributed by atoms with Gasteiger partial charge in [0.05, 0.1) is 4.90 Å². The Bertz CT molecular complexity index is 1050. The zero-order chi connectivity index (χ0) is 20.9. The zero-order valence-corrected chi connectivity index (χ0v) is 17.3. The number of benzene rings is 1. The predicted octanol–water partition coefficient (Wildman–Crippen LogP) is 3.96. The normalized spacial score (nSPS) is 26.6. The number of anilines is 1. The van der Waals surface area contributed by atoms with Crippen LogP contribution in [0, 0.1) is 23.5 Å². The second-order valence-electron chi connectivity index (χ2n) is 8.06. The summed E-state index contributed by atoms with van der Waals surface area (Å²) in [7, 11) is -3.56. The van der Waals surface area contributed by atoms with E-state index in [9.17, 15) is 12.8 Å². The van der Waals surface area contributed by atoms with E-state index < -0.39 is 21.5 Å². The summed E-state index contributed by atoms with van der Waals surface area (Å²) in [5.41, 5.74) is 0. The van der Waals surface area contributed by atoms with Crippen molar-refractivity contribution in [1.82, 2.24) is 9.97 Å². The van der Waals surface area contributed by atoms with Crippen LogP contribution in [0.3, 0.4) is 0 Å². The van der Waals surface area contributed by atoms with Crippen molar-refractivity contribution in [2.75, 3.05) is 11.2 Å². The van der Waals surface area contributed by atoms with Gasteiger partial charge in [-0.1, -0.05) is 6.92 Å². The fourth-order valence-corrected chi connectivity index (χ4v) is 5.10. The van der Waals surface area contributed by atoms with Gasteiger partial charge in [0, 0.05) is 18.3 Å². The van der Waals surface area contributed by atoms with Gasteiger partial charge in [0.1, 0.15) is 6.33 Å². The van der Waals surface area contributed by atoms with E-state index in [1.165, 1.54) is 12.4 Å². The van der Waals surface area contributed by atoms with Crippen LogP contribution in [0.25, 0.3) is 0 Å². The Kier molecular flexibility index (Phi) is 4.96. The summed E-state index contributed by atoms with van der Waals surface area (Å²) >= 11 is 0. The van der Waals surface area contributed by atoms with Crippen molar-refractivity contribution in [2.45, 2.75) is 50.1 Å². The average molecular weight is 423 g/mol. The summed E-state index contributed by atoms with van der Waals surface area (Å²) in [5, 5.41) is 0. The molecule has 2 heterocycles. The highest BCUT2D eigenvalue weighted by molar-refractivity contribution is 7.90. The van der Waals surface area contributed by atoms with E-state index in [0.29, 0.717) is 11.8 Å². The van der Waals surface area contributed by atoms with Crippen molar-refractivity contribution in [3.63, 3.8) is 0 Å². The smallest absolute Gasteiger partial charge is 0.261 e.